The second kappa shape index (κ2) is 8.45. The number of hydrogen-bond acceptors (Lipinski definition) is 4. The highest BCUT2D eigenvalue weighted by atomic mass is 16.4. The number of carbonyl (C=O) groups is 2. The summed E-state index contributed by atoms with van der Waals surface area (Å²) in [7, 11) is 0. The zero-order chi connectivity index (χ0) is 18.4. The van der Waals surface area contributed by atoms with Gasteiger partial charge in [0.25, 0.3) is 0 Å². The van der Waals surface area contributed by atoms with Crippen LogP contribution in [0.3, 0.4) is 0 Å². The normalized spacial score (nSPS) is 16.6. The van der Waals surface area contributed by atoms with Gasteiger partial charge in [-0.15, -0.1) is 0 Å². The Bertz CT molecular complexity index is 585. The van der Waals surface area contributed by atoms with Crippen LogP contribution in [0.5, 0.6) is 0 Å². The van der Waals surface area contributed by atoms with Gasteiger partial charge >= 0.3 is 5.97 Å². The molecule has 1 aliphatic heterocycles. The highest BCUT2D eigenvalue weighted by Gasteiger charge is 2.21. The minimum atomic E-state index is -0.890. The summed E-state index contributed by atoms with van der Waals surface area (Å²) in [5.41, 5.74) is 1.12. The van der Waals surface area contributed by atoms with E-state index < -0.39 is 5.97 Å². The van der Waals surface area contributed by atoms with Gasteiger partial charge in [0.15, 0.2) is 0 Å². The number of nitrogens with zero attached hydrogens (tertiary/aromatic N) is 2. The van der Waals surface area contributed by atoms with Gasteiger partial charge in [0.1, 0.15) is 0 Å². The Hall–Kier alpha value is -1.92. The quantitative estimate of drug-likeness (QED) is 0.819. The molecule has 0 spiro atoms. The molecule has 0 atom stereocenters. The third kappa shape index (κ3) is 6.14. The molecule has 138 valence electrons. The number of carboxylic acid groups (broad SMARTS) is 1. The molecular weight excluding hydrogens is 318 g/mol. The first-order valence-electron chi connectivity index (χ1n) is 8.81. The van der Waals surface area contributed by atoms with Gasteiger partial charge in [-0.1, -0.05) is 32.9 Å². The van der Waals surface area contributed by atoms with Crippen molar-refractivity contribution in [2.75, 3.05) is 39.3 Å². The zero-order valence-electron chi connectivity index (χ0n) is 15.4. The van der Waals surface area contributed by atoms with Crippen LogP contribution in [-0.2, 0) is 11.3 Å². The topological polar surface area (TPSA) is 72.9 Å². The van der Waals surface area contributed by atoms with E-state index in [0.717, 1.165) is 44.8 Å². The van der Waals surface area contributed by atoms with Gasteiger partial charge in [-0.3, -0.25) is 14.6 Å². The average Bonchev–Trinajstić information content (AvgIpc) is 2.56. The van der Waals surface area contributed by atoms with E-state index in [1.54, 1.807) is 12.1 Å². The average molecular weight is 347 g/mol. The highest BCUT2D eigenvalue weighted by molar-refractivity contribution is 5.87. The predicted molar refractivity (Wildman–Crippen MR) is 97.6 cm³/mol. The molecule has 0 aromatic heterocycles. The number of benzene rings is 1. The van der Waals surface area contributed by atoms with Crippen LogP contribution in [0.25, 0.3) is 0 Å². The molecule has 2 N–H and O–H groups in total. The summed E-state index contributed by atoms with van der Waals surface area (Å²) in [5.74, 6) is -0.797. The van der Waals surface area contributed by atoms with Crippen LogP contribution in [0.1, 0.15) is 36.7 Å². The summed E-state index contributed by atoms with van der Waals surface area (Å²) in [6.45, 7) is 12.1. The molecule has 0 unspecified atom stereocenters. The van der Waals surface area contributed by atoms with Gasteiger partial charge in [-0.05, 0) is 17.7 Å². The number of hydrogen-bond donors (Lipinski definition) is 2. The van der Waals surface area contributed by atoms with Crippen molar-refractivity contribution in [1.29, 1.82) is 0 Å². The number of carboxylic acids is 1. The Morgan fingerprint density at radius 2 is 1.60 bits per heavy atom. The number of amides is 1. The van der Waals surface area contributed by atoms with Crippen LogP contribution in [0.2, 0.25) is 0 Å². The van der Waals surface area contributed by atoms with Crippen LogP contribution >= 0.6 is 0 Å². The van der Waals surface area contributed by atoms with Gasteiger partial charge in [0.2, 0.25) is 5.91 Å². The number of carbonyl (C=O) groups excluding carboxylic acids is 1. The van der Waals surface area contributed by atoms with Gasteiger partial charge < -0.3 is 10.4 Å². The van der Waals surface area contributed by atoms with E-state index in [1.807, 2.05) is 32.9 Å². The largest absolute Gasteiger partial charge is 0.478 e. The number of nitrogens with one attached hydrogen (secondary N) is 1. The van der Waals surface area contributed by atoms with Crippen molar-refractivity contribution < 1.29 is 14.7 Å². The van der Waals surface area contributed by atoms with Crippen molar-refractivity contribution >= 4 is 11.9 Å². The molecule has 25 heavy (non-hydrogen) atoms. The summed E-state index contributed by atoms with van der Waals surface area (Å²) in [4.78, 5) is 27.5. The summed E-state index contributed by atoms with van der Waals surface area (Å²) in [6.07, 6.45) is 0. The van der Waals surface area contributed by atoms with Crippen molar-refractivity contribution in [3.8, 4) is 0 Å². The Morgan fingerprint density at radius 3 is 2.12 bits per heavy atom. The first-order chi connectivity index (χ1) is 11.8. The minimum Gasteiger partial charge on any atom is -0.478 e. The monoisotopic (exact) mass is 347 g/mol. The summed E-state index contributed by atoms with van der Waals surface area (Å²) >= 11 is 0. The van der Waals surface area contributed by atoms with Crippen LogP contribution in [0.4, 0.5) is 0 Å². The number of rotatable bonds is 6. The molecule has 0 saturated carbocycles. The molecule has 6 nitrogen and oxygen atoms in total. The lowest BCUT2D eigenvalue weighted by Crippen LogP contribution is -2.48. The van der Waals surface area contributed by atoms with Crippen LogP contribution in [-0.4, -0.2) is 66.1 Å². The standard InChI is InChI=1S/C19H29N3O3/c1-19(2,3)18(25)20-8-9-21-10-12-22(13-11-21)14-15-4-6-16(7-5-15)17(23)24/h4-7H,8-14H2,1-3H3,(H,20,25)(H,23,24). The van der Waals surface area contributed by atoms with Crippen molar-refractivity contribution in [2.24, 2.45) is 5.41 Å². The van der Waals surface area contributed by atoms with Crippen molar-refractivity contribution in [3.63, 3.8) is 0 Å². The molecule has 0 bridgehead atoms. The predicted octanol–water partition coefficient (Wildman–Crippen LogP) is 1.66. The summed E-state index contributed by atoms with van der Waals surface area (Å²) in [6, 6.07) is 7.09. The molecule has 0 radical (unpaired) electrons. The van der Waals surface area contributed by atoms with E-state index in [9.17, 15) is 9.59 Å². The first kappa shape index (κ1) is 19.4. The number of piperazine rings is 1. The van der Waals surface area contributed by atoms with Crippen molar-refractivity contribution in [2.45, 2.75) is 27.3 Å². The van der Waals surface area contributed by atoms with Crippen molar-refractivity contribution in [3.05, 3.63) is 35.4 Å². The third-order valence-corrected chi connectivity index (χ3v) is 4.47. The Labute approximate surface area is 149 Å². The van der Waals surface area contributed by atoms with E-state index in [2.05, 4.69) is 15.1 Å². The maximum absolute atomic E-state index is 11.9. The molecule has 1 saturated heterocycles. The van der Waals surface area contributed by atoms with Crippen LogP contribution in [0, 0.1) is 5.41 Å². The maximum atomic E-state index is 11.9. The van der Waals surface area contributed by atoms with E-state index >= 15 is 0 Å². The highest BCUT2D eigenvalue weighted by Crippen LogP contribution is 2.12. The SMILES string of the molecule is CC(C)(C)C(=O)NCCN1CCN(Cc2ccc(C(=O)O)cc2)CC1. The van der Waals surface area contributed by atoms with E-state index in [1.165, 1.54) is 0 Å². The van der Waals surface area contributed by atoms with E-state index in [0.29, 0.717) is 12.1 Å². The first-order valence-corrected chi connectivity index (χ1v) is 8.81. The second-order valence-electron chi connectivity index (χ2n) is 7.63. The smallest absolute Gasteiger partial charge is 0.335 e. The fourth-order valence-corrected chi connectivity index (χ4v) is 2.77. The van der Waals surface area contributed by atoms with Gasteiger partial charge in [0, 0.05) is 51.2 Å². The minimum absolute atomic E-state index is 0.0935. The molecule has 1 aromatic carbocycles. The van der Waals surface area contributed by atoms with Gasteiger partial charge in [0.05, 0.1) is 5.56 Å². The fraction of sp³-hybridized carbons (Fsp3) is 0.579. The molecule has 1 heterocycles. The molecule has 0 aliphatic carbocycles. The molecule has 1 aliphatic rings. The lowest BCUT2D eigenvalue weighted by Gasteiger charge is -2.34. The Morgan fingerprint density at radius 1 is 1.04 bits per heavy atom. The molecule has 1 aromatic rings. The lowest BCUT2D eigenvalue weighted by molar-refractivity contribution is -0.128. The summed E-state index contributed by atoms with van der Waals surface area (Å²) in [5, 5.41) is 11.9. The molecule has 1 amide bonds. The molecular formula is C19H29N3O3. The molecule has 6 heteroatoms. The van der Waals surface area contributed by atoms with Gasteiger partial charge in [-0.25, -0.2) is 4.79 Å². The second-order valence-corrected chi connectivity index (χ2v) is 7.63. The lowest BCUT2D eigenvalue weighted by atomic mass is 9.96. The zero-order valence-corrected chi connectivity index (χ0v) is 15.4. The third-order valence-electron chi connectivity index (χ3n) is 4.47. The molecule has 1 fully saturated rings. The van der Waals surface area contributed by atoms with E-state index in [-0.39, 0.29) is 11.3 Å². The van der Waals surface area contributed by atoms with Crippen LogP contribution in [0.15, 0.2) is 24.3 Å². The fourth-order valence-electron chi connectivity index (χ4n) is 2.77. The maximum Gasteiger partial charge on any atom is 0.335 e. The Balaban J connectivity index is 1.69. The van der Waals surface area contributed by atoms with E-state index in [4.69, 9.17) is 5.11 Å². The van der Waals surface area contributed by atoms with Crippen molar-refractivity contribution in [1.82, 2.24) is 15.1 Å². The van der Waals surface area contributed by atoms with Gasteiger partial charge in [-0.2, -0.15) is 0 Å². The number of aromatic carboxylic acids is 1. The van der Waals surface area contributed by atoms with Crippen LogP contribution < -0.4 is 5.32 Å². The Kier molecular flexibility index (Phi) is 6.56. The molecule has 2 rings (SSSR count). The summed E-state index contributed by atoms with van der Waals surface area (Å²) < 4.78 is 0.